The first-order chi connectivity index (χ1) is 9.24. The summed E-state index contributed by atoms with van der Waals surface area (Å²) in [6, 6.07) is 16.8. The van der Waals surface area contributed by atoms with Gasteiger partial charge >= 0.3 is 0 Å². The molecule has 0 spiro atoms. The van der Waals surface area contributed by atoms with Crippen LogP contribution in [0.25, 0.3) is 10.9 Å². The average Bonchev–Trinajstić information content (AvgIpc) is 2.82. The summed E-state index contributed by atoms with van der Waals surface area (Å²) in [5.41, 5.74) is 2.31. The molecule has 0 radical (unpaired) electrons. The number of benzene rings is 2. The summed E-state index contributed by atoms with van der Waals surface area (Å²) >= 11 is 5.03. The van der Waals surface area contributed by atoms with Crippen LogP contribution in [0.1, 0.15) is 18.5 Å². The zero-order valence-electron chi connectivity index (χ0n) is 10.4. The predicted octanol–water partition coefficient (Wildman–Crippen LogP) is 5.23. The first kappa shape index (κ1) is 12.6. The number of halogens is 1. The smallest absolute Gasteiger partial charge is 0.117 e. The fourth-order valence-electron chi connectivity index (χ4n) is 2.05. The molecule has 0 fully saturated rings. The van der Waals surface area contributed by atoms with Crippen LogP contribution in [0.4, 0.5) is 5.00 Å². The lowest BCUT2D eigenvalue weighted by Crippen LogP contribution is -2.05. The van der Waals surface area contributed by atoms with Gasteiger partial charge in [0, 0.05) is 15.9 Å². The molecule has 0 aliphatic heterocycles. The normalized spacial score (nSPS) is 12.5. The molecule has 0 bridgehead atoms. The van der Waals surface area contributed by atoms with E-state index in [9.17, 15) is 0 Å². The van der Waals surface area contributed by atoms with Crippen molar-refractivity contribution in [1.82, 2.24) is 4.37 Å². The van der Waals surface area contributed by atoms with Crippen molar-refractivity contribution in [3.63, 3.8) is 0 Å². The van der Waals surface area contributed by atoms with Crippen molar-refractivity contribution in [2.75, 3.05) is 5.32 Å². The number of rotatable bonds is 3. The van der Waals surface area contributed by atoms with Crippen LogP contribution >= 0.6 is 27.5 Å². The molecule has 2 aromatic carbocycles. The lowest BCUT2D eigenvalue weighted by molar-refractivity contribution is 0.890. The summed E-state index contributed by atoms with van der Waals surface area (Å²) in [6.45, 7) is 2.16. The van der Waals surface area contributed by atoms with E-state index in [1.165, 1.54) is 22.5 Å². The summed E-state index contributed by atoms with van der Waals surface area (Å²) in [5.74, 6) is 0. The highest BCUT2D eigenvalue weighted by molar-refractivity contribution is 9.10. The molecule has 3 aromatic rings. The van der Waals surface area contributed by atoms with E-state index in [-0.39, 0.29) is 6.04 Å². The molecule has 2 nitrogen and oxygen atoms in total. The van der Waals surface area contributed by atoms with Gasteiger partial charge in [-0.15, -0.1) is 0 Å². The van der Waals surface area contributed by atoms with Gasteiger partial charge < -0.3 is 5.32 Å². The van der Waals surface area contributed by atoms with Crippen molar-refractivity contribution in [2.24, 2.45) is 0 Å². The van der Waals surface area contributed by atoms with Gasteiger partial charge in [0.2, 0.25) is 0 Å². The summed E-state index contributed by atoms with van der Waals surface area (Å²) in [4.78, 5) is 0. The Balaban J connectivity index is 1.89. The molecule has 19 heavy (non-hydrogen) atoms. The summed E-state index contributed by atoms with van der Waals surface area (Å²) in [7, 11) is 0. The fourth-order valence-corrected chi connectivity index (χ4v) is 3.32. The summed E-state index contributed by atoms with van der Waals surface area (Å²) < 4.78 is 5.56. The first-order valence-electron chi connectivity index (χ1n) is 6.10. The van der Waals surface area contributed by atoms with Gasteiger partial charge in [0.25, 0.3) is 0 Å². The van der Waals surface area contributed by atoms with E-state index in [1.807, 2.05) is 24.3 Å². The Hall–Kier alpha value is -1.39. The number of hydrogen-bond acceptors (Lipinski definition) is 3. The van der Waals surface area contributed by atoms with E-state index in [1.54, 1.807) is 0 Å². The molecule has 3 rings (SSSR count). The van der Waals surface area contributed by atoms with E-state index in [0.717, 1.165) is 15.0 Å². The van der Waals surface area contributed by atoms with Gasteiger partial charge in [-0.2, -0.15) is 4.37 Å². The van der Waals surface area contributed by atoms with Crippen LogP contribution in [0.3, 0.4) is 0 Å². The first-order valence-corrected chi connectivity index (χ1v) is 7.67. The van der Waals surface area contributed by atoms with Gasteiger partial charge in [-0.05, 0) is 48.3 Å². The van der Waals surface area contributed by atoms with Crippen LogP contribution < -0.4 is 5.32 Å². The van der Waals surface area contributed by atoms with Crippen LogP contribution in [0.15, 0.2) is 53.0 Å². The zero-order valence-corrected chi connectivity index (χ0v) is 12.8. The van der Waals surface area contributed by atoms with Crippen molar-refractivity contribution >= 4 is 43.4 Å². The minimum Gasteiger partial charge on any atom is -0.369 e. The highest BCUT2D eigenvalue weighted by atomic mass is 79.9. The standard InChI is InChI=1S/C15H13BrN2S/c1-10(11-5-4-6-12(16)9-11)17-15-13-7-2-3-8-14(13)18-19-15/h2-10,17H,1H3. The third-order valence-electron chi connectivity index (χ3n) is 3.08. The van der Waals surface area contributed by atoms with Gasteiger partial charge in [0.15, 0.2) is 0 Å². The van der Waals surface area contributed by atoms with E-state index in [4.69, 9.17) is 0 Å². The number of aromatic nitrogens is 1. The molecule has 0 amide bonds. The molecule has 0 aliphatic rings. The molecule has 1 heterocycles. The van der Waals surface area contributed by atoms with Crippen molar-refractivity contribution < 1.29 is 0 Å². The second-order valence-electron chi connectivity index (χ2n) is 4.45. The Morgan fingerprint density at radius 3 is 2.84 bits per heavy atom. The maximum absolute atomic E-state index is 4.45. The van der Waals surface area contributed by atoms with Crippen LogP contribution in [-0.4, -0.2) is 4.37 Å². The third-order valence-corrected chi connectivity index (χ3v) is 4.38. The fraction of sp³-hybridized carbons (Fsp3) is 0.133. The predicted molar refractivity (Wildman–Crippen MR) is 85.8 cm³/mol. The van der Waals surface area contributed by atoms with Crippen molar-refractivity contribution in [3.05, 3.63) is 58.6 Å². The van der Waals surface area contributed by atoms with Crippen molar-refractivity contribution in [3.8, 4) is 0 Å². The zero-order chi connectivity index (χ0) is 13.2. The molecular formula is C15H13BrN2S. The second kappa shape index (κ2) is 5.31. The maximum Gasteiger partial charge on any atom is 0.117 e. The highest BCUT2D eigenvalue weighted by Gasteiger charge is 2.10. The van der Waals surface area contributed by atoms with Gasteiger partial charge in [-0.25, -0.2) is 0 Å². The Morgan fingerprint density at radius 2 is 2.00 bits per heavy atom. The Kier molecular flexibility index (Phi) is 3.53. The molecule has 1 atom stereocenters. The van der Waals surface area contributed by atoms with Crippen LogP contribution in [-0.2, 0) is 0 Å². The summed E-state index contributed by atoms with van der Waals surface area (Å²) in [5, 5.41) is 5.86. The second-order valence-corrected chi connectivity index (χ2v) is 6.14. The molecule has 96 valence electrons. The Bertz CT molecular complexity index is 708. The van der Waals surface area contributed by atoms with E-state index in [2.05, 4.69) is 56.8 Å². The quantitative estimate of drug-likeness (QED) is 0.710. The number of hydrogen-bond donors (Lipinski definition) is 1. The van der Waals surface area contributed by atoms with Crippen LogP contribution in [0, 0.1) is 0 Å². The molecule has 0 saturated heterocycles. The molecule has 1 unspecified atom stereocenters. The number of nitrogens with zero attached hydrogens (tertiary/aromatic N) is 1. The molecular weight excluding hydrogens is 320 g/mol. The minimum atomic E-state index is 0.251. The summed E-state index contributed by atoms with van der Waals surface area (Å²) in [6.07, 6.45) is 0. The van der Waals surface area contributed by atoms with Gasteiger partial charge in [-0.1, -0.05) is 40.2 Å². The largest absolute Gasteiger partial charge is 0.369 e. The van der Waals surface area contributed by atoms with E-state index < -0.39 is 0 Å². The van der Waals surface area contributed by atoms with Gasteiger partial charge in [0.05, 0.1) is 5.52 Å². The number of fused-ring (bicyclic) bond motifs is 1. The lowest BCUT2D eigenvalue weighted by Gasteiger charge is -2.14. The van der Waals surface area contributed by atoms with Crippen LogP contribution in [0.5, 0.6) is 0 Å². The Morgan fingerprint density at radius 1 is 1.16 bits per heavy atom. The molecule has 4 heteroatoms. The Labute approximate surface area is 124 Å². The van der Waals surface area contributed by atoms with Gasteiger partial charge in [0.1, 0.15) is 5.00 Å². The average molecular weight is 333 g/mol. The van der Waals surface area contributed by atoms with E-state index >= 15 is 0 Å². The third kappa shape index (κ3) is 2.65. The van der Waals surface area contributed by atoms with Crippen LogP contribution in [0.2, 0.25) is 0 Å². The van der Waals surface area contributed by atoms with Crippen molar-refractivity contribution in [2.45, 2.75) is 13.0 Å². The number of nitrogens with one attached hydrogen (secondary N) is 1. The monoisotopic (exact) mass is 332 g/mol. The number of anilines is 1. The SMILES string of the molecule is CC(Nc1snc2ccccc12)c1cccc(Br)c1. The maximum atomic E-state index is 4.45. The lowest BCUT2D eigenvalue weighted by atomic mass is 10.1. The minimum absolute atomic E-state index is 0.251. The molecule has 0 saturated carbocycles. The topological polar surface area (TPSA) is 24.9 Å². The molecule has 0 aliphatic carbocycles. The van der Waals surface area contributed by atoms with Crippen molar-refractivity contribution in [1.29, 1.82) is 0 Å². The molecule has 1 aromatic heterocycles. The van der Waals surface area contributed by atoms with Gasteiger partial charge in [-0.3, -0.25) is 0 Å². The molecule has 1 N–H and O–H groups in total. The van der Waals surface area contributed by atoms with E-state index in [0.29, 0.717) is 0 Å². The highest BCUT2D eigenvalue weighted by Crippen LogP contribution is 2.31.